The molecule has 10 heteroatoms. The molecule has 0 spiro atoms. The van der Waals surface area contributed by atoms with Gasteiger partial charge in [0.25, 0.3) is 5.82 Å². The van der Waals surface area contributed by atoms with Crippen molar-refractivity contribution in [3.63, 3.8) is 0 Å². The second-order valence-electron chi connectivity index (χ2n) is 3.83. The summed E-state index contributed by atoms with van der Waals surface area (Å²) < 4.78 is 5.54. The Balaban J connectivity index is 2.49. The number of carbonyl (C=O) groups is 1. The summed E-state index contributed by atoms with van der Waals surface area (Å²) in [7, 11) is 1.19. The lowest BCUT2D eigenvalue weighted by molar-refractivity contribution is -0.384. The first-order valence-corrected chi connectivity index (χ1v) is 5.96. The molecule has 110 valence electrons. The first-order valence-electron chi connectivity index (χ1n) is 5.96. The fourth-order valence-electron chi connectivity index (χ4n) is 1.58. The van der Waals surface area contributed by atoms with Gasteiger partial charge in [0.15, 0.2) is 0 Å². The van der Waals surface area contributed by atoms with Gasteiger partial charge < -0.3 is 10.1 Å². The summed E-state index contributed by atoms with van der Waals surface area (Å²) in [5.74, 6) is -0.531. The number of hydrogen-bond acceptors (Lipinski definition) is 8. The van der Waals surface area contributed by atoms with Crippen LogP contribution in [0.4, 0.5) is 11.5 Å². The van der Waals surface area contributed by atoms with Gasteiger partial charge in [-0.1, -0.05) is 0 Å². The van der Waals surface area contributed by atoms with Crippen molar-refractivity contribution in [1.29, 1.82) is 0 Å². The van der Waals surface area contributed by atoms with Crippen LogP contribution in [0.15, 0.2) is 18.5 Å². The van der Waals surface area contributed by atoms with Crippen molar-refractivity contribution in [2.75, 3.05) is 19.0 Å². The van der Waals surface area contributed by atoms with Crippen LogP contribution in [0.25, 0.3) is 5.82 Å². The summed E-state index contributed by atoms with van der Waals surface area (Å²) in [6.45, 7) is 2.47. The number of ether oxygens (including phenoxy) is 1. The highest BCUT2D eigenvalue weighted by Crippen LogP contribution is 2.22. The molecular weight excluding hydrogens is 280 g/mol. The Kier molecular flexibility index (Phi) is 4.07. The maximum atomic E-state index is 11.3. The number of rotatable bonds is 5. The van der Waals surface area contributed by atoms with Gasteiger partial charge in [-0.2, -0.15) is 4.68 Å². The highest BCUT2D eigenvalue weighted by molar-refractivity contribution is 5.84. The lowest BCUT2D eigenvalue weighted by Gasteiger charge is -2.05. The van der Waals surface area contributed by atoms with Crippen molar-refractivity contribution >= 4 is 17.5 Å². The van der Waals surface area contributed by atoms with E-state index in [-0.39, 0.29) is 17.3 Å². The zero-order valence-corrected chi connectivity index (χ0v) is 11.3. The van der Waals surface area contributed by atoms with Crippen LogP contribution in [0.2, 0.25) is 0 Å². The van der Waals surface area contributed by atoms with Crippen molar-refractivity contribution in [2.45, 2.75) is 6.92 Å². The van der Waals surface area contributed by atoms with E-state index >= 15 is 0 Å². The first-order chi connectivity index (χ1) is 10.1. The van der Waals surface area contributed by atoms with Crippen molar-refractivity contribution < 1.29 is 14.5 Å². The number of nitro groups is 1. The van der Waals surface area contributed by atoms with Crippen molar-refractivity contribution in [2.24, 2.45) is 0 Å². The number of nitrogens with one attached hydrogen (secondary N) is 1. The van der Waals surface area contributed by atoms with E-state index in [1.165, 1.54) is 19.2 Å². The summed E-state index contributed by atoms with van der Waals surface area (Å²) in [5, 5.41) is 17.8. The van der Waals surface area contributed by atoms with Crippen LogP contribution in [-0.2, 0) is 4.74 Å². The largest absolute Gasteiger partial charge is 0.463 e. The molecule has 0 aromatic carbocycles. The van der Waals surface area contributed by atoms with E-state index in [9.17, 15) is 14.9 Å². The minimum Gasteiger partial charge on any atom is -0.463 e. The fraction of sp³-hybridized carbons (Fsp3) is 0.273. The van der Waals surface area contributed by atoms with Gasteiger partial charge in [0.1, 0.15) is 12.1 Å². The predicted octanol–water partition coefficient (Wildman–Crippen LogP) is 0.789. The Bertz CT molecular complexity index is 683. The van der Waals surface area contributed by atoms with Gasteiger partial charge >= 0.3 is 11.7 Å². The van der Waals surface area contributed by atoms with Gasteiger partial charge in [-0.15, -0.1) is 5.10 Å². The number of methoxy groups -OCH3 is 1. The second-order valence-corrected chi connectivity index (χ2v) is 3.83. The quantitative estimate of drug-likeness (QED) is 0.487. The second kappa shape index (κ2) is 5.94. The first kappa shape index (κ1) is 14.4. The molecule has 0 aliphatic rings. The Morgan fingerprint density at radius 2 is 2.29 bits per heavy atom. The van der Waals surface area contributed by atoms with Gasteiger partial charge in [-0.05, 0) is 13.0 Å². The molecule has 21 heavy (non-hydrogen) atoms. The third kappa shape index (κ3) is 2.94. The topological polar surface area (TPSA) is 125 Å². The molecule has 10 nitrogen and oxygen atoms in total. The molecule has 2 rings (SSSR count). The number of carbonyl (C=O) groups excluding carboxylic acids is 1. The third-order valence-electron chi connectivity index (χ3n) is 2.49. The third-order valence-corrected chi connectivity index (χ3v) is 2.49. The molecule has 0 aliphatic heterocycles. The molecule has 0 fully saturated rings. The lowest BCUT2D eigenvalue weighted by atomic mass is 10.3. The molecule has 2 aromatic rings. The minimum atomic E-state index is -0.737. The van der Waals surface area contributed by atoms with Crippen LogP contribution in [0.3, 0.4) is 0 Å². The fourth-order valence-corrected chi connectivity index (χ4v) is 1.58. The van der Waals surface area contributed by atoms with Gasteiger partial charge in [0, 0.05) is 12.6 Å². The molecule has 0 bridgehead atoms. The molecule has 0 amide bonds. The summed E-state index contributed by atoms with van der Waals surface area (Å²) in [4.78, 5) is 29.6. The number of hydrogen-bond donors (Lipinski definition) is 1. The van der Waals surface area contributed by atoms with E-state index in [4.69, 9.17) is 0 Å². The smallest absolute Gasteiger partial charge is 0.377 e. The Morgan fingerprint density at radius 3 is 2.90 bits per heavy atom. The molecule has 2 heterocycles. The minimum absolute atomic E-state index is 0.0406. The van der Waals surface area contributed by atoms with Crippen LogP contribution >= 0.6 is 0 Å². The molecule has 0 atom stereocenters. The van der Waals surface area contributed by atoms with Crippen molar-refractivity contribution in [3.8, 4) is 5.82 Å². The average Bonchev–Trinajstić information content (AvgIpc) is 2.96. The molecule has 0 radical (unpaired) electrons. The van der Waals surface area contributed by atoms with Crippen molar-refractivity contribution in [3.05, 3.63) is 34.4 Å². The highest BCUT2D eigenvalue weighted by atomic mass is 16.6. The van der Waals surface area contributed by atoms with Gasteiger partial charge in [0.2, 0.25) is 5.82 Å². The molecule has 0 saturated heterocycles. The van der Waals surface area contributed by atoms with Gasteiger partial charge in [0.05, 0.1) is 12.0 Å². The maximum Gasteiger partial charge on any atom is 0.377 e. The number of aromatic nitrogens is 4. The Labute approximate surface area is 118 Å². The molecule has 0 unspecified atom stereocenters. The predicted molar refractivity (Wildman–Crippen MR) is 71.3 cm³/mol. The van der Waals surface area contributed by atoms with E-state index in [1.54, 1.807) is 0 Å². The molecule has 0 saturated carbocycles. The van der Waals surface area contributed by atoms with Crippen molar-refractivity contribution in [1.82, 2.24) is 19.7 Å². The number of nitrogens with zero attached hydrogens (tertiary/aromatic N) is 5. The monoisotopic (exact) mass is 292 g/mol. The van der Waals surface area contributed by atoms with Crippen LogP contribution in [-0.4, -0.2) is 44.3 Å². The Morgan fingerprint density at radius 1 is 1.52 bits per heavy atom. The number of pyridine rings is 1. The molecule has 1 N–H and O–H groups in total. The van der Waals surface area contributed by atoms with Crippen LogP contribution in [0.1, 0.15) is 17.5 Å². The number of anilines is 1. The summed E-state index contributed by atoms with van der Waals surface area (Å²) >= 11 is 0. The molecular formula is C11H12N6O4. The average molecular weight is 292 g/mol. The lowest BCUT2D eigenvalue weighted by Crippen LogP contribution is -2.09. The van der Waals surface area contributed by atoms with Gasteiger partial charge in [-0.3, -0.25) is 10.1 Å². The summed E-state index contributed by atoms with van der Waals surface area (Å²) in [6, 6.07) is 2.79. The Hall–Kier alpha value is -3.04. The SMILES string of the molecule is CCNc1ccc([N+](=O)[O-])c(-n2cnc(C(=O)OC)n2)n1. The normalized spacial score (nSPS) is 10.2. The van der Waals surface area contributed by atoms with E-state index in [0.717, 1.165) is 11.0 Å². The number of esters is 1. The molecule has 0 aliphatic carbocycles. The van der Waals surface area contributed by atoms with Crippen LogP contribution in [0, 0.1) is 10.1 Å². The van der Waals surface area contributed by atoms with Gasteiger partial charge in [-0.25, -0.2) is 14.8 Å². The zero-order chi connectivity index (χ0) is 15.4. The van der Waals surface area contributed by atoms with E-state index in [0.29, 0.717) is 12.4 Å². The standard InChI is InChI=1S/C11H12N6O4/c1-3-12-8-5-4-7(17(19)20)10(14-8)16-6-13-9(15-16)11(18)21-2/h4-6H,3H2,1-2H3,(H,12,14). The zero-order valence-electron chi connectivity index (χ0n) is 11.3. The van der Waals surface area contributed by atoms with E-state index in [1.807, 2.05) is 6.92 Å². The summed E-state index contributed by atoms with van der Waals surface area (Å²) in [6.07, 6.45) is 1.16. The van der Waals surface area contributed by atoms with Crippen LogP contribution < -0.4 is 5.32 Å². The maximum absolute atomic E-state index is 11.3. The van der Waals surface area contributed by atoms with E-state index < -0.39 is 10.9 Å². The highest BCUT2D eigenvalue weighted by Gasteiger charge is 2.21. The molecule has 2 aromatic heterocycles. The van der Waals surface area contributed by atoms with E-state index in [2.05, 4.69) is 25.1 Å². The summed E-state index contributed by atoms with van der Waals surface area (Å²) in [5.41, 5.74) is -0.252. The van der Waals surface area contributed by atoms with Crippen LogP contribution in [0.5, 0.6) is 0 Å².